The number of para-hydroxylation sites is 1. The maximum atomic E-state index is 13.0. The van der Waals surface area contributed by atoms with Crippen LogP contribution < -0.4 is 5.32 Å². The molecule has 3 aromatic rings. The van der Waals surface area contributed by atoms with Crippen molar-refractivity contribution in [2.45, 2.75) is 16.1 Å². The van der Waals surface area contributed by atoms with Gasteiger partial charge in [0.2, 0.25) is 0 Å². The van der Waals surface area contributed by atoms with Crippen molar-refractivity contribution in [2.24, 2.45) is 0 Å². The number of nitrogens with one attached hydrogen (secondary N) is 1. The van der Waals surface area contributed by atoms with Crippen LogP contribution in [0.25, 0.3) is 0 Å². The van der Waals surface area contributed by atoms with E-state index < -0.39 is 23.2 Å². The van der Waals surface area contributed by atoms with Crippen molar-refractivity contribution in [2.75, 3.05) is 5.32 Å². The zero-order chi connectivity index (χ0) is 20.1. The summed E-state index contributed by atoms with van der Waals surface area (Å²) in [6.07, 6.45) is -4.63. The van der Waals surface area contributed by atoms with Crippen molar-refractivity contribution >= 4 is 23.4 Å². The van der Waals surface area contributed by atoms with E-state index >= 15 is 0 Å². The maximum Gasteiger partial charge on any atom is 0.417 e. The van der Waals surface area contributed by atoms with Gasteiger partial charge in [0.25, 0.3) is 5.91 Å². The van der Waals surface area contributed by atoms with Crippen LogP contribution in [0.2, 0.25) is 0 Å². The molecule has 0 saturated heterocycles. The molecule has 1 amide bonds. The second-order valence-electron chi connectivity index (χ2n) is 5.50. The number of aromatic nitrogens is 2. The van der Waals surface area contributed by atoms with Crippen LogP contribution in [0.3, 0.4) is 0 Å². The highest BCUT2D eigenvalue weighted by atomic mass is 32.2. The third-order valence-electron chi connectivity index (χ3n) is 3.54. The number of rotatable bonds is 4. The summed E-state index contributed by atoms with van der Waals surface area (Å²) < 4.78 is 39.1. The average molecular weight is 400 g/mol. The number of nitrogens with zero attached hydrogens (tertiary/aromatic N) is 3. The standard InChI is InChI=1S/C19H11F3N4OS/c20-19(21,22)15-10-14(7-6-12(15)11-23)28-17-9-8-16(25-26-17)18(27)24-13-4-2-1-3-5-13/h1-10H,(H,24,27). The first-order valence-corrected chi connectivity index (χ1v) is 8.68. The Bertz CT molecular complexity index is 1030. The SMILES string of the molecule is N#Cc1ccc(Sc2ccc(C(=O)Nc3ccccc3)nn2)cc1C(F)(F)F. The van der Waals surface area contributed by atoms with Gasteiger partial charge in [0, 0.05) is 10.6 Å². The Morgan fingerprint density at radius 1 is 1.04 bits per heavy atom. The molecule has 2 aromatic carbocycles. The first kappa shape index (κ1) is 19.4. The smallest absolute Gasteiger partial charge is 0.321 e. The Morgan fingerprint density at radius 2 is 1.79 bits per heavy atom. The summed E-state index contributed by atoms with van der Waals surface area (Å²) in [5, 5.41) is 19.5. The van der Waals surface area contributed by atoms with Gasteiger partial charge in [-0.05, 0) is 42.5 Å². The molecule has 0 aliphatic rings. The quantitative estimate of drug-likeness (QED) is 0.682. The second kappa shape index (κ2) is 8.10. The maximum absolute atomic E-state index is 13.0. The highest BCUT2D eigenvalue weighted by Crippen LogP contribution is 2.36. The molecular formula is C19H11F3N4OS. The molecule has 0 spiro atoms. The number of anilines is 1. The fraction of sp³-hybridized carbons (Fsp3) is 0.0526. The number of nitriles is 1. The number of carbonyl (C=O) groups excluding carboxylic acids is 1. The van der Waals surface area contributed by atoms with Crippen LogP contribution in [0.4, 0.5) is 18.9 Å². The molecule has 9 heteroatoms. The van der Waals surface area contributed by atoms with Crippen LogP contribution in [0.15, 0.2) is 70.6 Å². The Balaban J connectivity index is 1.74. The van der Waals surface area contributed by atoms with E-state index in [9.17, 15) is 18.0 Å². The number of carbonyl (C=O) groups is 1. The van der Waals surface area contributed by atoms with Crippen molar-refractivity contribution in [1.29, 1.82) is 5.26 Å². The molecule has 1 N–H and O–H groups in total. The molecule has 0 radical (unpaired) electrons. The molecule has 0 bridgehead atoms. The van der Waals surface area contributed by atoms with Gasteiger partial charge in [-0.2, -0.15) is 18.4 Å². The van der Waals surface area contributed by atoms with E-state index in [-0.39, 0.29) is 10.6 Å². The highest BCUT2D eigenvalue weighted by Gasteiger charge is 2.33. The van der Waals surface area contributed by atoms with Gasteiger partial charge in [-0.15, -0.1) is 10.2 Å². The first-order chi connectivity index (χ1) is 13.4. The van der Waals surface area contributed by atoms with Crippen molar-refractivity contribution in [3.63, 3.8) is 0 Å². The Labute approximate surface area is 162 Å². The first-order valence-electron chi connectivity index (χ1n) is 7.86. The zero-order valence-corrected chi connectivity index (χ0v) is 14.9. The van der Waals surface area contributed by atoms with E-state index in [0.717, 1.165) is 23.9 Å². The van der Waals surface area contributed by atoms with E-state index in [1.165, 1.54) is 24.3 Å². The van der Waals surface area contributed by atoms with E-state index in [1.54, 1.807) is 24.3 Å². The molecule has 0 saturated carbocycles. The summed E-state index contributed by atoms with van der Waals surface area (Å²) in [5.41, 5.74) is -0.781. The van der Waals surface area contributed by atoms with Crippen LogP contribution in [-0.4, -0.2) is 16.1 Å². The summed E-state index contributed by atoms with van der Waals surface area (Å²) in [6, 6.07) is 16.7. The predicted octanol–water partition coefficient (Wildman–Crippen LogP) is 4.77. The fourth-order valence-corrected chi connectivity index (χ4v) is 3.02. The van der Waals surface area contributed by atoms with Gasteiger partial charge in [0.1, 0.15) is 5.03 Å². The number of halogens is 3. The van der Waals surface area contributed by atoms with Gasteiger partial charge < -0.3 is 5.32 Å². The van der Waals surface area contributed by atoms with Crippen molar-refractivity contribution in [1.82, 2.24) is 10.2 Å². The molecule has 0 unspecified atom stereocenters. The minimum atomic E-state index is -4.63. The summed E-state index contributed by atoms with van der Waals surface area (Å²) in [4.78, 5) is 12.4. The lowest BCUT2D eigenvalue weighted by atomic mass is 10.1. The van der Waals surface area contributed by atoms with E-state index in [0.29, 0.717) is 10.7 Å². The van der Waals surface area contributed by atoms with E-state index in [4.69, 9.17) is 5.26 Å². The largest absolute Gasteiger partial charge is 0.417 e. The van der Waals surface area contributed by atoms with Crippen LogP contribution in [0.1, 0.15) is 21.6 Å². The van der Waals surface area contributed by atoms with Crippen LogP contribution in [0, 0.1) is 11.3 Å². The van der Waals surface area contributed by atoms with Gasteiger partial charge in [-0.25, -0.2) is 0 Å². The lowest BCUT2D eigenvalue weighted by Gasteiger charge is -2.10. The summed E-state index contributed by atoms with van der Waals surface area (Å²) in [7, 11) is 0. The number of benzene rings is 2. The summed E-state index contributed by atoms with van der Waals surface area (Å²) in [5.74, 6) is -0.451. The van der Waals surface area contributed by atoms with Crippen LogP contribution in [0.5, 0.6) is 0 Å². The molecule has 0 fully saturated rings. The molecule has 0 aliphatic carbocycles. The van der Waals surface area contributed by atoms with Crippen molar-refractivity contribution < 1.29 is 18.0 Å². The normalized spacial score (nSPS) is 10.9. The molecule has 140 valence electrons. The number of hydrogen-bond acceptors (Lipinski definition) is 5. The van der Waals surface area contributed by atoms with E-state index in [2.05, 4.69) is 15.5 Å². The zero-order valence-electron chi connectivity index (χ0n) is 14.1. The number of hydrogen-bond donors (Lipinski definition) is 1. The topological polar surface area (TPSA) is 78.7 Å². The Hall–Kier alpha value is -3.38. The van der Waals surface area contributed by atoms with Crippen LogP contribution >= 0.6 is 11.8 Å². The highest BCUT2D eigenvalue weighted by molar-refractivity contribution is 7.99. The Morgan fingerprint density at radius 3 is 2.39 bits per heavy atom. The molecule has 1 heterocycles. The molecule has 28 heavy (non-hydrogen) atoms. The summed E-state index contributed by atoms with van der Waals surface area (Å²) in [6.45, 7) is 0. The molecular weight excluding hydrogens is 389 g/mol. The second-order valence-corrected chi connectivity index (χ2v) is 6.59. The van der Waals surface area contributed by atoms with Gasteiger partial charge in [0.05, 0.1) is 17.2 Å². The average Bonchev–Trinajstić information content (AvgIpc) is 2.68. The van der Waals surface area contributed by atoms with Gasteiger partial charge in [-0.1, -0.05) is 30.0 Å². The number of amides is 1. The van der Waals surface area contributed by atoms with Crippen molar-refractivity contribution in [3.8, 4) is 6.07 Å². The lowest BCUT2D eigenvalue weighted by Crippen LogP contribution is -2.14. The molecule has 5 nitrogen and oxygen atoms in total. The lowest BCUT2D eigenvalue weighted by molar-refractivity contribution is -0.137. The summed E-state index contributed by atoms with van der Waals surface area (Å²) >= 11 is 0.947. The van der Waals surface area contributed by atoms with Gasteiger partial charge in [0.15, 0.2) is 5.69 Å². The van der Waals surface area contributed by atoms with Gasteiger partial charge >= 0.3 is 6.18 Å². The third kappa shape index (κ3) is 4.66. The molecule has 1 aromatic heterocycles. The van der Waals surface area contributed by atoms with Crippen LogP contribution in [-0.2, 0) is 6.18 Å². The molecule has 0 aliphatic heterocycles. The molecule has 0 atom stereocenters. The molecule has 3 rings (SSSR count). The Kier molecular flexibility index (Phi) is 5.61. The van der Waals surface area contributed by atoms with Crippen molar-refractivity contribution in [3.05, 3.63) is 77.5 Å². The van der Waals surface area contributed by atoms with E-state index in [1.807, 2.05) is 6.07 Å². The minimum absolute atomic E-state index is 0.0732. The fourth-order valence-electron chi connectivity index (χ4n) is 2.25. The van der Waals surface area contributed by atoms with Gasteiger partial charge in [-0.3, -0.25) is 4.79 Å². The minimum Gasteiger partial charge on any atom is -0.321 e. The monoisotopic (exact) mass is 400 g/mol. The third-order valence-corrected chi connectivity index (χ3v) is 4.46. The number of alkyl halides is 3. The predicted molar refractivity (Wildman–Crippen MR) is 96.7 cm³/mol.